The summed E-state index contributed by atoms with van der Waals surface area (Å²) < 4.78 is 0. The van der Waals surface area contributed by atoms with E-state index in [0.717, 1.165) is 6.54 Å². The molecule has 98 valence electrons. The van der Waals surface area contributed by atoms with Gasteiger partial charge in [-0.3, -0.25) is 0 Å². The van der Waals surface area contributed by atoms with Crippen molar-refractivity contribution in [3.05, 3.63) is 35.9 Å². The number of benzene rings is 1. The molecule has 1 N–H and O–H groups in total. The van der Waals surface area contributed by atoms with Gasteiger partial charge in [0, 0.05) is 13.6 Å². The normalized spacial score (nSPS) is 16.8. The second-order valence-corrected chi connectivity index (χ2v) is 5.09. The molecule has 0 bridgehead atoms. The van der Waals surface area contributed by atoms with Crippen molar-refractivity contribution in [3.63, 3.8) is 0 Å². The van der Waals surface area contributed by atoms with Crippen molar-refractivity contribution in [1.82, 2.24) is 10.2 Å². The first-order chi connectivity index (χ1) is 8.72. The summed E-state index contributed by atoms with van der Waals surface area (Å²) in [6.45, 7) is 2.97. The highest BCUT2D eigenvalue weighted by Gasteiger charge is 2.26. The quantitative estimate of drug-likeness (QED) is 0.869. The summed E-state index contributed by atoms with van der Waals surface area (Å²) in [6.07, 6.45) is 3.83. The van der Waals surface area contributed by atoms with Crippen molar-refractivity contribution in [2.45, 2.75) is 32.2 Å². The minimum Gasteiger partial charge on any atom is -0.341 e. The molecule has 0 spiro atoms. The van der Waals surface area contributed by atoms with Gasteiger partial charge in [0.25, 0.3) is 0 Å². The number of rotatable bonds is 4. The van der Waals surface area contributed by atoms with Crippen LogP contribution in [0.5, 0.6) is 0 Å². The van der Waals surface area contributed by atoms with Crippen LogP contribution >= 0.6 is 0 Å². The molecule has 1 aliphatic rings. The van der Waals surface area contributed by atoms with E-state index in [1.807, 2.05) is 23.1 Å². The highest BCUT2D eigenvalue weighted by atomic mass is 16.2. The van der Waals surface area contributed by atoms with E-state index in [1.165, 1.54) is 24.8 Å². The second kappa shape index (κ2) is 5.89. The molecule has 1 aliphatic carbocycles. The molecule has 0 unspecified atom stereocenters. The zero-order valence-electron chi connectivity index (χ0n) is 11.2. The van der Waals surface area contributed by atoms with Gasteiger partial charge in [-0.1, -0.05) is 36.8 Å². The van der Waals surface area contributed by atoms with Crippen LogP contribution in [0.4, 0.5) is 4.79 Å². The average molecular weight is 246 g/mol. The molecule has 3 nitrogen and oxygen atoms in total. The summed E-state index contributed by atoms with van der Waals surface area (Å²) in [6, 6.07) is 10.4. The zero-order chi connectivity index (χ0) is 13.0. The summed E-state index contributed by atoms with van der Waals surface area (Å²) in [7, 11) is 1.70. The van der Waals surface area contributed by atoms with Crippen LogP contribution in [-0.2, 0) is 0 Å². The molecule has 1 fully saturated rings. The van der Waals surface area contributed by atoms with Gasteiger partial charge in [-0.05, 0) is 31.2 Å². The number of carbonyl (C=O) groups excluding carboxylic acids is 1. The molecule has 2 amide bonds. The highest BCUT2D eigenvalue weighted by molar-refractivity contribution is 5.74. The first kappa shape index (κ1) is 12.9. The second-order valence-electron chi connectivity index (χ2n) is 5.09. The third-order valence-corrected chi connectivity index (χ3v) is 3.90. The predicted octanol–water partition coefficient (Wildman–Crippen LogP) is 3.19. The van der Waals surface area contributed by atoms with E-state index in [1.54, 1.807) is 7.05 Å². The summed E-state index contributed by atoms with van der Waals surface area (Å²) in [5.74, 6) is 0.688. The topological polar surface area (TPSA) is 32.3 Å². The van der Waals surface area contributed by atoms with E-state index < -0.39 is 0 Å². The molecule has 0 radical (unpaired) electrons. The lowest BCUT2D eigenvalue weighted by atomic mass is 9.84. The lowest BCUT2D eigenvalue weighted by Crippen LogP contribution is -2.43. The van der Waals surface area contributed by atoms with Crippen LogP contribution in [0.1, 0.15) is 37.8 Å². The van der Waals surface area contributed by atoms with Gasteiger partial charge < -0.3 is 10.2 Å². The van der Waals surface area contributed by atoms with Gasteiger partial charge in [0.1, 0.15) is 0 Å². The van der Waals surface area contributed by atoms with E-state index in [9.17, 15) is 4.79 Å². The van der Waals surface area contributed by atoms with Gasteiger partial charge in [0.2, 0.25) is 0 Å². The molecule has 0 saturated heterocycles. The SMILES string of the molecule is CNC(=O)N(CC1CCC1)[C@@H](C)c1ccccc1. The molecule has 0 aliphatic heterocycles. The Morgan fingerprint density at radius 1 is 1.39 bits per heavy atom. The minimum absolute atomic E-state index is 0.0262. The van der Waals surface area contributed by atoms with Crippen LogP contribution in [-0.4, -0.2) is 24.5 Å². The van der Waals surface area contributed by atoms with Crippen molar-refractivity contribution in [2.75, 3.05) is 13.6 Å². The lowest BCUT2D eigenvalue weighted by Gasteiger charge is -2.36. The molecule has 2 rings (SSSR count). The molecular formula is C15H22N2O. The molecule has 1 aromatic rings. The van der Waals surface area contributed by atoms with Crippen LogP contribution in [0.25, 0.3) is 0 Å². The maximum atomic E-state index is 12.0. The van der Waals surface area contributed by atoms with Gasteiger partial charge in [0.05, 0.1) is 6.04 Å². The number of carbonyl (C=O) groups is 1. The summed E-state index contributed by atoms with van der Waals surface area (Å²) >= 11 is 0. The van der Waals surface area contributed by atoms with E-state index >= 15 is 0 Å². The molecule has 1 saturated carbocycles. The fourth-order valence-corrected chi connectivity index (χ4v) is 2.43. The minimum atomic E-state index is 0.0262. The van der Waals surface area contributed by atoms with Crippen LogP contribution in [0, 0.1) is 5.92 Å². The monoisotopic (exact) mass is 246 g/mol. The molecule has 1 atom stereocenters. The molecule has 0 heterocycles. The fourth-order valence-electron chi connectivity index (χ4n) is 2.43. The molecule has 18 heavy (non-hydrogen) atoms. The Morgan fingerprint density at radius 3 is 2.56 bits per heavy atom. The fraction of sp³-hybridized carbons (Fsp3) is 0.533. The number of hydrogen-bond acceptors (Lipinski definition) is 1. The van der Waals surface area contributed by atoms with Gasteiger partial charge in [-0.2, -0.15) is 0 Å². The molecule has 3 heteroatoms. The van der Waals surface area contributed by atoms with Gasteiger partial charge in [-0.15, -0.1) is 0 Å². The van der Waals surface area contributed by atoms with Crippen LogP contribution < -0.4 is 5.32 Å². The maximum absolute atomic E-state index is 12.0. The van der Waals surface area contributed by atoms with Crippen molar-refractivity contribution < 1.29 is 4.79 Å². The van der Waals surface area contributed by atoms with E-state index in [4.69, 9.17) is 0 Å². The standard InChI is InChI=1S/C15H22N2O/c1-12(14-9-4-3-5-10-14)17(15(18)16-2)11-13-7-6-8-13/h3-5,9-10,12-13H,6-8,11H2,1-2H3,(H,16,18)/t12-/m0/s1. The number of nitrogens with zero attached hydrogens (tertiary/aromatic N) is 1. The van der Waals surface area contributed by atoms with Crippen LogP contribution in [0.15, 0.2) is 30.3 Å². The van der Waals surface area contributed by atoms with Crippen LogP contribution in [0.2, 0.25) is 0 Å². The number of amides is 2. The van der Waals surface area contributed by atoms with E-state index in [2.05, 4.69) is 24.4 Å². The Bertz CT molecular complexity index is 387. The Hall–Kier alpha value is -1.51. The molecular weight excluding hydrogens is 224 g/mol. The highest BCUT2D eigenvalue weighted by Crippen LogP contribution is 2.30. The number of urea groups is 1. The Labute approximate surface area is 109 Å². The van der Waals surface area contributed by atoms with Gasteiger partial charge in [-0.25, -0.2) is 4.79 Å². The largest absolute Gasteiger partial charge is 0.341 e. The van der Waals surface area contributed by atoms with Crippen molar-refractivity contribution in [3.8, 4) is 0 Å². The maximum Gasteiger partial charge on any atom is 0.317 e. The number of hydrogen-bond donors (Lipinski definition) is 1. The third-order valence-electron chi connectivity index (χ3n) is 3.90. The van der Waals surface area contributed by atoms with Crippen LogP contribution in [0.3, 0.4) is 0 Å². The first-order valence-corrected chi connectivity index (χ1v) is 6.75. The van der Waals surface area contributed by atoms with Gasteiger partial charge in [0.15, 0.2) is 0 Å². The Kier molecular flexibility index (Phi) is 4.24. The van der Waals surface area contributed by atoms with E-state index in [0.29, 0.717) is 5.92 Å². The van der Waals surface area contributed by atoms with E-state index in [-0.39, 0.29) is 12.1 Å². The Balaban J connectivity index is 2.09. The molecule has 0 aromatic heterocycles. The predicted molar refractivity (Wildman–Crippen MR) is 73.4 cm³/mol. The van der Waals surface area contributed by atoms with Crippen molar-refractivity contribution >= 4 is 6.03 Å². The van der Waals surface area contributed by atoms with Crippen molar-refractivity contribution in [1.29, 1.82) is 0 Å². The Morgan fingerprint density at radius 2 is 2.06 bits per heavy atom. The van der Waals surface area contributed by atoms with Crippen molar-refractivity contribution in [2.24, 2.45) is 5.92 Å². The lowest BCUT2D eigenvalue weighted by molar-refractivity contribution is 0.147. The zero-order valence-corrected chi connectivity index (χ0v) is 11.2. The average Bonchev–Trinajstić information content (AvgIpc) is 2.37. The van der Waals surface area contributed by atoms with Gasteiger partial charge >= 0.3 is 6.03 Å². The number of nitrogens with one attached hydrogen (secondary N) is 1. The summed E-state index contributed by atoms with van der Waals surface area (Å²) in [5.41, 5.74) is 1.19. The smallest absolute Gasteiger partial charge is 0.317 e. The molecule has 1 aromatic carbocycles. The first-order valence-electron chi connectivity index (χ1n) is 6.75. The third kappa shape index (κ3) is 2.84. The summed E-state index contributed by atoms with van der Waals surface area (Å²) in [4.78, 5) is 14.0. The summed E-state index contributed by atoms with van der Waals surface area (Å²) in [5, 5.41) is 2.76.